The number of hydrogen-bond acceptors (Lipinski definition) is 3. The predicted molar refractivity (Wildman–Crippen MR) is 47.4 cm³/mol. The van der Waals surface area contributed by atoms with Crippen LogP contribution in [0.5, 0.6) is 0 Å². The second kappa shape index (κ2) is 2.29. The normalized spacial score (nSPS) is 26.5. The first-order chi connectivity index (χ1) is 5.61. The quantitative estimate of drug-likeness (QED) is 0.608. The number of aryl methyl sites for hydroxylation is 1. The molecule has 0 saturated heterocycles. The molecule has 1 atom stereocenters. The topological polar surface area (TPSA) is 42.3 Å². The molecule has 4 heteroatoms. The van der Waals surface area contributed by atoms with Gasteiger partial charge in [-0.2, -0.15) is 0 Å². The summed E-state index contributed by atoms with van der Waals surface area (Å²) in [7, 11) is -2.12. The highest BCUT2D eigenvalue weighted by Crippen LogP contribution is 2.26. The van der Waals surface area contributed by atoms with Crippen molar-refractivity contribution in [3.8, 4) is 0 Å². The molecule has 0 spiro atoms. The summed E-state index contributed by atoms with van der Waals surface area (Å²) >= 11 is 0. The largest absolute Gasteiger partial charge is 0.260 e. The van der Waals surface area contributed by atoms with E-state index in [1.165, 1.54) is 0 Å². The Bertz CT molecular complexity index is 444. The van der Waals surface area contributed by atoms with E-state index < -0.39 is 9.73 Å². The van der Waals surface area contributed by atoms with E-state index in [-0.39, 0.29) is 0 Å². The number of nitrogens with zero attached hydrogens (tertiary/aromatic N) is 2. The van der Waals surface area contributed by atoms with Gasteiger partial charge < -0.3 is 0 Å². The van der Waals surface area contributed by atoms with E-state index in [0.717, 1.165) is 16.2 Å². The Morgan fingerprint density at radius 2 is 2.33 bits per heavy atom. The van der Waals surface area contributed by atoms with Gasteiger partial charge in [-0.25, -0.2) is 8.57 Å². The van der Waals surface area contributed by atoms with Gasteiger partial charge in [-0.15, -0.1) is 0 Å². The second-order valence-corrected chi connectivity index (χ2v) is 5.25. The van der Waals surface area contributed by atoms with Gasteiger partial charge in [0.2, 0.25) is 0 Å². The summed E-state index contributed by atoms with van der Waals surface area (Å²) in [6, 6.07) is 1.89. The first-order valence-corrected chi connectivity index (χ1v) is 5.66. The Labute approximate surface area is 72.0 Å². The lowest BCUT2D eigenvalue weighted by molar-refractivity contribution is 0.680. The highest BCUT2D eigenvalue weighted by Gasteiger charge is 2.20. The third-order valence-corrected chi connectivity index (χ3v) is 3.96. The fraction of sp³-hybridized carbons (Fsp3) is 0.375. The molecule has 0 aromatic carbocycles. The van der Waals surface area contributed by atoms with Gasteiger partial charge in [0, 0.05) is 12.5 Å². The molecule has 0 fully saturated rings. The fourth-order valence-electron chi connectivity index (χ4n) is 1.50. The SMILES string of the molecule is Cc1nccc2c1[S@](C)(=O)=NC2. The Balaban J connectivity index is 2.82. The van der Waals surface area contributed by atoms with E-state index in [4.69, 9.17) is 0 Å². The predicted octanol–water partition coefficient (Wildman–Crippen LogP) is 1.36. The van der Waals surface area contributed by atoms with E-state index in [1.807, 2.05) is 13.0 Å². The van der Waals surface area contributed by atoms with Crippen molar-refractivity contribution >= 4 is 9.73 Å². The molecular weight excluding hydrogens is 172 g/mol. The highest BCUT2D eigenvalue weighted by molar-refractivity contribution is 7.93. The smallest absolute Gasteiger partial charge is 0.0751 e. The maximum Gasteiger partial charge on any atom is 0.0751 e. The number of pyridine rings is 1. The minimum Gasteiger partial charge on any atom is -0.260 e. The minimum absolute atomic E-state index is 0.577. The average Bonchev–Trinajstić information content (AvgIpc) is 2.29. The van der Waals surface area contributed by atoms with Crippen LogP contribution in [0.1, 0.15) is 11.3 Å². The molecule has 1 aliphatic rings. The molecule has 0 bridgehead atoms. The van der Waals surface area contributed by atoms with E-state index >= 15 is 0 Å². The van der Waals surface area contributed by atoms with Gasteiger partial charge in [-0.05, 0) is 18.6 Å². The van der Waals surface area contributed by atoms with Crippen LogP contribution in [0.4, 0.5) is 0 Å². The maximum absolute atomic E-state index is 11.8. The van der Waals surface area contributed by atoms with Crippen molar-refractivity contribution in [1.29, 1.82) is 0 Å². The lowest BCUT2D eigenvalue weighted by Crippen LogP contribution is -1.99. The van der Waals surface area contributed by atoms with Crippen LogP contribution in [0.15, 0.2) is 21.5 Å². The molecule has 0 unspecified atom stereocenters. The van der Waals surface area contributed by atoms with Crippen LogP contribution in [0.3, 0.4) is 0 Å². The molecule has 0 N–H and O–H groups in total. The Kier molecular flexibility index (Phi) is 1.48. The molecule has 0 radical (unpaired) electrons. The molecule has 3 nitrogen and oxygen atoms in total. The van der Waals surface area contributed by atoms with E-state index in [0.29, 0.717) is 6.54 Å². The average molecular weight is 182 g/mol. The zero-order valence-corrected chi connectivity index (χ0v) is 7.89. The van der Waals surface area contributed by atoms with Crippen molar-refractivity contribution in [1.82, 2.24) is 4.98 Å². The molecule has 1 aliphatic heterocycles. The second-order valence-electron chi connectivity index (χ2n) is 2.97. The Morgan fingerprint density at radius 3 is 3.00 bits per heavy atom. The summed E-state index contributed by atoms with van der Waals surface area (Å²) in [5.41, 5.74) is 1.91. The van der Waals surface area contributed by atoms with Crippen LogP contribution >= 0.6 is 0 Å². The lowest BCUT2D eigenvalue weighted by atomic mass is 10.2. The Hall–Kier alpha value is -0.900. The maximum atomic E-state index is 11.8. The molecule has 0 saturated carbocycles. The molecule has 0 aliphatic carbocycles. The van der Waals surface area contributed by atoms with Gasteiger partial charge in [0.25, 0.3) is 0 Å². The number of hydrogen-bond donors (Lipinski definition) is 0. The molecule has 2 rings (SSSR count). The fourth-order valence-corrected chi connectivity index (χ4v) is 3.24. The molecular formula is C8H10N2OS. The number of fused-ring (bicyclic) bond motifs is 1. The van der Waals surface area contributed by atoms with Crippen molar-refractivity contribution in [2.75, 3.05) is 6.26 Å². The monoisotopic (exact) mass is 182 g/mol. The van der Waals surface area contributed by atoms with Gasteiger partial charge in [0.05, 0.1) is 26.9 Å². The van der Waals surface area contributed by atoms with Crippen LogP contribution in [0.25, 0.3) is 0 Å². The third kappa shape index (κ3) is 0.948. The summed E-state index contributed by atoms with van der Waals surface area (Å²) in [5, 5.41) is 0. The van der Waals surface area contributed by atoms with Crippen LogP contribution in [-0.4, -0.2) is 15.4 Å². The summed E-state index contributed by atoms with van der Waals surface area (Å²) in [4.78, 5) is 4.96. The standard InChI is InChI=1S/C8H10N2OS/c1-6-8-7(3-4-9-6)5-10-12(8,2)11/h3-4H,5H2,1-2H3/t12-/m0/s1. The van der Waals surface area contributed by atoms with Gasteiger partial charge in [-0.1, -0.05) is 0 Å². The molecule has 1 aromatic heterocycles. The van der Waals surface area contributed by atoms with Gasteiger partial charge in [0.1, 0.15) is 0 Å². The van der Waals surface area contributed by atoms with Crippen molar-refractivity contribution in [3.63, 3.8) is 0 Å². The van der Waals surface area contributed by atoms with Crippen LogP contribution in [-0.2, 0) is 16.3 Å². The molecule has 12 heavy (non-hydrogen) atoms. The van der Waals surface area contributed by atoms with Crippen molar-refractivity contribution in [3.05, 3.63) is 23.5 Å². The summed E-state index contributed by atoms with van der Waals surface area (Å²) in [6.07, 6.45) is 3.41. The zero-order chi connectivity index (χ0) is 8.77. The third-order valence-electron chi connectivity index (χ3n) is 2.02. The molecule has 2 heterocycles. The molecule has 1 aromatic rings. The van der Waals surface area contributed by atoms with Crippen LogP contribution in [0, 0.1) is 6.92 Å². The minimum atomic E-state index is -2.12. The first kappa shape index (κ1) is 7.73. The van der Waals surface area contributed by atoms with Gasteiger partial charge in [-0.3, -0.25) is 4.98 Å². The summed E-state index contributed by atoms with van der Waals surface area (Å²) in [6.45, 7) is 2.46. The first-order valence-electron chi connectivity index (χ1n) is 3.74. The molecule has 0 amide bonds. The highest BCUT2D eigenvalue weighted by atomic mass is 32.2. The van der Waals surface area contributed by atoms with Gasteiger partial charge >= 0.3 is 0 Å². The van der Waals surface area contributed by atoms with Gasteiger partial charge in [0.15, 0.2) is 0 Å². The van der Waals surface area contributed by atoms with E-state index in [9.17, 15) is 4.21 Å². The van der Waals surface area contributed by atoms with Crippen molar-refractivity contribution in [2.45, 2.75) is 18.4 Å². The summed E-state index contributed by atoms with van der Waals surface area (Å²) in [5.74, 6) is 0. The van der Waals surface area contributed by atoms with E-state index in [2.05, 4.69) is 9.35 Å². The number of aromatic nitrogens is 1. The summed E-state index contributed by atoms with van der Waals surface area (Å²) < 4.78 is 15.9. The Morgan fingerprint density at radius 1 is 1.58 bits per heavy atom. The number of rotatable bonds is 0. The molecule has 64 valence electrons. The van der Waals surface area contributed by atoms with Crippen molar-refractivity contribution in [2.24, 2.45) is 4.36 Å². The van der Waals surface area contributed by atoms with Crippen LogP contribution in [0.2, 0.25) is 0 Å². The lowest BCUT2D eigenvalue weighted by Gasteiger charge is -2.02. The van der Waals surface area contributed by atoms with Crippen molar-refractivity contribution < 1.29 is 4.21 Å². The zero-order valence-electron chi connectivity index (χ0n) is 7.07. The van der Waals surface area contributed by atoms with Crippen LogP contribution < -0.4 is 0 Å². The van der Waals surface area contributed by atoms with E-state index in [1.54, 1.807) is 12.5 Å².